The van der Waals surface area contributed by atoms with Crippen LogP contribution in [0.3, 0.4) is 0 Å². The monoisotopic (exact) mass is 307 g/mol. The molecule has 5 heteroatoms. The fourth-order valence-corrected chi connectivity index (χ4v) is 2.86. The van der Waals surface area contributed by atoms with Crippen molar-refractivity contribution in [3.8, 4) is 6.07 Å². The summed E-state index contributed by atoms with van der Waals surface area (Å²) in [4.78, 5) is 13.8. The smallest absolute Gasteiger partial charge is 0.243 e. The van der Waals surface area contributed by atoms with E-state index >= 15 is 0 Å². The number of carbonyl (C=O) groups is 1. The predicted molar refractivity (Wildman–Crippen MR) is 73.3 cm³/mol. The van der Waals surface area contributed by atoms with Crippen LogP contribution in [0.4, 0.5) is 5.69 Å². The predicted octanol–water partition coefficient (Wildman–Crippen LogP) is 1.98. The zero-order valence-electron chi connectivity index (χ0n) is 10.1. The lowest BCUT2D eigenvalue weighted by Gasteiger charge is -2.36. The molecule has 1 aliphatic heterocycles. The van der Waals surface area contributed by atoms with Gasteiger partial charge in [0.25, 0.3) is 0 Å². The molecule has 1 amide bonds. The molecule has 1 aromatic carbocycles. The maximum absolute atomic E-state index is 11.8. The van der Waals surface area contributed by atoms with Gasteiger partial charge in [0.2, 0.25) is 5.91 Å². The van der Waals surface area contributed by atoms with Crippen molar-refractivity contribution in [3.63, 3.8) is 0 Å². The summed E-state index contributed by atoms with van der Waals surface area (Å²) in [6.45, 7) is 3.35. The van der Waals surface area contributed by atoms with E-state index in [1.807, 2.05) is 30.0 Å². The Kier molecular flexibility index (Phi) is 3.87. The minimum absolute atomic E-state index is 0.0738. The third-order valence-corrected chi connectivity index (χ3v) is 3.66. The summed E-state index contributed by atoms with van der Waals surface area (Å²) in [7, 11) is 0. The molecule has 0 spiro atoms. The summed E-state index contributed by atoms with van der Waals surface area (Å²) in [5, 5.41) is 11.6. The van der Waals surface area contributed by atoms with Crippen molar-refractivity contribution >= 4 is 27.5 Å². The first-order chi connectivity index (χ1) is 8.63. The van der Waals surface area contributed by atoms with Crippen LogP contribution in [0, 0.1) is 18.3 Å². The van der Waals surface area contributed by atoms with Crippen molar-refractivity contribution in [3.05, 3.63) is 28.2 Å². The molecule has 0 radical (unpaired) electrons. The van der Waals surface area contributed by atoms with Gasteiger partial charge < -0.3 is 10.2 Å². The molecule has 1 N–H and O–H groups in total. The third kappa shape index (κ3) is 2.49. The number of aryl methyl sites for hydroxylation is 1. The van der Waals surface area contributed by atoms with Crippen molar-refractivity contribution in [2.24, 2.45) is 0 Å². The van der Waals surface area contributed by atoms with Crippen LogP contribution in [0.2, 0.25) is 0 Å². The van der Waals surface area contributed by atoms with Crippen molar-refractivity contribution in [2.45, 2.75) is 19.4 Å². The van der Waals surface area contributed by atoms with E-state index in [9.17, 15) is 4.79 Å². The highest BCUT2D eigenvalue weighted by Gasteiger charge is 2.30. The van der Waals surface area contributed by atoms with Gasteiger partial charge in [0.15, 0.2) is 0 Å². The van der Waals surface area contributed by atoms with Crippen molar-refractivity contribution in [2.75, 3.05) is 18.0 Å². The largest absolute Gasteiger partial charge is 0.356 e. The van der Waals surface area contributed by atoms with Gasteiger partial charge in [0.1, 0.15) is 6.04 Å². The SMILES string of the molecule is Cc1ccc(N2CCNC(=O)C2CC#N)c(Br)c1. The van der Waals surface area contributed by atoms with E-state index in [1.165, 1.54) is 0 Å². The quantitative estimate of drug-likeness (QED) is 0.909. The highest BCUT2D eigenvalue weighted by molar-refractivity contribution is 9.10. The van der Waals surface area contributed by atoms with Crippen LogP contribution >= 0.6 is 15.9 Å². The number of hydrogen-bond donors (Lipinski definition) is 1. The Morgan fingerprint density at radius 3 is 3.06 bits per heavy atom. The summed E-state index contributed by atoms with van der Waals surface area (Å²) in [5.74, 6) is -0.0738. The number of nitrogens with one attached hydrogen (secondary N) is 1. The second-order valence-electron chi connectivity index (χ2n) is 4.32. The molecule has 0 aliphatic carbocycles. The lowest BCUT2D eigenvalue weighted by molar-refractivity contribution is -0.123. The van der Waals surface area contributed by atoms with E-state index in [0.717, 1.165) is 22.3 Å². The number of carbonyl (C=O) groups excluding carboxylic acids is 1. The van der Waals surface area contributed by atoms with Crippen LogP contribution in [-0.4, -0.2) is 25.0 Å². The van der Waals surface area contributed by atoms with Gasteiger partial charge in [0, 0.05) is 17.6 Å². The fraction of sp³-hybridized carbons (Fsp3) is 0.385. The van der Waals surface area contributed by atoms with Crippen LogP contribution in [0.25, 0.3) is 0 Å². The van der Waals surface area contributed by atoms with Crippen LogP contribution in [0.15, 0.2) is 22.7 Å². The molecule has 1 aliphatic rings. The van der Waals surface area contributed by atoms with Gasteiger partial charge in [-0.05, 0) is 40.5 Å². The zero-order chi connectivity index (χ0) is 13.1. The first-order valence-corrected chi connectivity index (χ1v) is 6.60. The number of anilines is 1. The molecule has 1 unspecified atom stereocenters. The van der Waals surface area contributed by atoms with Crippen molar-refractivity contribution in [1.29, 1.82) is 5.26 Å². The van der Waals surface area contributed by atoms with Gasteiger partial charge >= 0.3 is 0 Å². The average molecular weight is 308 g/mol. The summed E-state index contributed by atoms with van der Waals surface area (Å²) < 4.78 is 0.958. The Morgan fingerprint density at radius 2 is 2.39 bits per heavy atom. The number of amides is 1. The van der Waals surface area contributed by atoms with Crippen molar-refractivity contribution in [1.82, 2.24) is 5.32 Å². The van der Waals surface area contributed by atoms with E-state index in [-0.39, 0.29) is 12.3 Å². The summed E-state index contributed by atoms with van der Waals surface area (Å²) in [5.41, 5.74) is 2.12. The topological polar surface area (TPSA) is 56.1 Å². The average Bonchev–Trinajstić information content (AvgIpc) is 2.32. The molecule has 2 rings (SSSR count). The second kappa shape index (κ2) is 5.40. The molecule has 1 saturated heterocycles. The highest BCUT2D eigenvalue weighted by Crippen LogP contribution is 2.30. The maximum atomic E-state index is 11.8. The lowest BCUT2D eigenvalue weighted by Crippen LogP contribution is -2.55. The Morgan fingerprint density at radius 1 is 1.61 bits per heavy atom. The number of benzene rings is 1. The van der Waals surface area contributed by atoms with Gasteiger partial charge in [-0.2, -0.15) is 5.26 Å². The lowest BCUT2D eigenvalue weighted by atomic mass is 10.1. The number of nitriles is 1. The molecule has 1 heterocycles. The molecule has 1 atom stereocenters. The zero-order valence-corrected chi connectivity index (χ0v) is 11.7. The van der Waals surface area contributed by atoms with Gasteiger partial charge in [-0.1, -0.05) is 6.07 Å². The summed E-state index contributed by atoms with van der Waals surface area (Å²) >= 11 is 3.52. The third-order valence-electron chi connectivity index (χ3n) is 3.03. The second-order valence-corrected chi connectivity index (χ2v) is 5.17. The Hall–Kier alpha value is -1.54. The highest BCUT2D eigenvalue weighted by atomic mass is 79.9. The Labute approximate surface area is 115 Å². The molecule has 4 nitrogen and oxygen atoms in total. The number of halogens is 1. The van der Waals surface area contributed by atoms with Gasteiger partial charge in [-0.15, -0.1) is 0 Å². The van der Waals surface area contributed by atoms with Crippen LogP contribution in [-0.2, 0) is 4.79 Å². The van der Waals surface area contributed by atoms with Crippen molar-refractivity contribution < 1.29 is 4.79 Å². The Bertz CT molecular complexity index is 509. The van der Waals surface area contributed by atoms with E-state index < -0.39 is 6.04 Å². The molecule has 18 heavy (non-hydrogen) atoms. The molecule has 1 fully saturated rings. The first kappa shape index (κ1) is 12.9. The molecular weight excluding hydrogens is 294 g/mol. The normalized spacial score (nSPS) is 19.3. The van der Waals surface area contributed by atoms with E-state index in [1.54, 1.807) is 0 Å². The molecule has 94 valence electrons. The standard InChI is InChI=1S/C13H14BrN3O/c1-9-2-3-11(10(14)8-9)17-7-6-16-13(18)12(17)4-5-15/h2-3,8,12H,4,6-7H2,1H3,(H,16,18). The minimum atomic E-state index is -0.400. The van der Waals surface area contributed by atoms with Crippen LogP contribution < -0.4 is 10.2 Å². The van der Waals surface area contributed by atoms with Crippen LogP contribution in [0.5, 0.6) is 0 Å². The van der Waals surface area contributed by atoms with E-state index in [4.69, 9.17) is 5.26 Å². The molecular formula is C13H14BrN3O. The summed E-state index contributed by atoms with van der Waals surface area (Å²) in [6, 6.07) is 7.70. The first-order valence-electron chi connectivity index (χ1n) is 5.81. The number of rotatable bonds is 2. The molecule has 0 saturated carbocycles. The molecule has 0 aromatic heterocycles. The fourth-order valence-electron chi connectivity index (χ4n) is 2.14. The maximum Gasteiger partial charge on any atom is 0.243 e. The van der Waals surface area contributed by atoms with Gasteiger partial charge in [-0.3, -0.25) is 4.79 Å². The number of piperazine rings is 1. The van der Waals surface area contributed by atoms with E-state index in [2.05, 4.69) is 27.3 Å². The van der Waals surface area contributed by atoms with Gasteiger partial charge in [0.05, 0.1) is 18.2 Å². The number of nitrogens with zero attached hydrogens (tertiary/aromatic N) is 2. The number of hydrogen-bond acceptors (Lipinski definition) is 3. The summed E-state index contributed by atoms with van der Waals surface area (Å²) in [6.07, 6.45) is 0.201. The minimum Gasteiger partial charge on any atom is -0.356 e. The molecule has 0 bridgehead atoms. The van der Waals surface area contributed by atoms with E-state index in [0.29, 0.717) is 6.54 Å². The van der Waals surface area contributed by atoms with Gasteiger partial charge in [-0.25, -0.2) is 0 Å². The Balaban J connectivity index is 2.34. The van der Waals surface area contributed by atoms with Crippen LogP contribution in [0.1, 0.15) is 12.0 Å². The molecule has 1 aromatic rings.